The molecule has 0 aliphatic heterocycles. The van der Waals surface area contributed by atoms with Crippen molar-refractivity contribution < 1.29 is 32.2 Å². The summed E-state index contributed by atoms with van der Waals surface area (Å²) in [5, 5.41) is 4.89. The van der Waals surface area contributed by atoms with E-state index in [1.807, 2.05) is 0 Å². The van der Waals surface area contributed by atoms with Gasteiger partial charge in [0.25, 0.3) is 15.9 Å². The fraction of sp³-hybridized carbons (Fsp3) is 0.161. The molecular formula is C31H28BrCl2N3O7S. The fourth-order valence-corrected chi connectivity index (χ4v) is 6.44. The maximum absolute atomic E-state index is 13.7. The molecule has 14 heteroatoms. The fourth-order valence-electron chi connectivity index (χ4n) is 4.09. The first kappa shape index (κ1) is 33.9. The Morgan fingerprint density at radius 1 is 0.911 bits per heavy atom. The van der Waals surface area contributed by atoms with E-state index in [4.69, 9.17) is 42.1 Å². The second kappa shape index (κ2) is 15.3. The summed E-state index contributed by atoms with van der Waals surface area (Å²) in [6.07, 6.45) is 1.39. The van der Waals surface area contributed by atoms with Crippen molar-refractivity contribution in [2.24, 2.45) is 5.10 Å². The third-order valence-corrected chi connectivity index (χ3v) is 9.40. The molecule has 4 aromatic rings. The van der Waals surface area contributed by atoms with Gasteiger partial charge in [0, 0.05) is 6.07 Å². The van der Waals surface area contributed by atoms with Crippen LogP contribution in [0.1, 0.15) is 11.1 Å². The Bertz CT molecular complexity index is 1810. The number of nitrogens with one attached hydrogen (secondary N) is 1. The second-order valence-electron chi connectivity index (χ2n) is 9.23. The predicted octanol–water partition coefficient (Wildman–Crippen LogP) is 6.71. The number of hydrogen-bond donors (Lipinski definition) is 1. The highest BCUT2D eigenvalue weighted by atomic mass is 79.9. The van der Waals surface area contributed by atoms with Crippen LogP contribution in [0.5, 0.6) is 23.0 Å². The van der Waals surface area contributed by atoms with E-state index in [9.17, 15) is 13.2 Å². The third-order valence-electron chi connectivity index (χ3n) is 6.30. The lowest BCUT2D eigenvalue weighted by Gasteiger charge is -2.25. The molecule has 236 valence electrons. The molecule has 4 aromatic carbocycles. The first-order chi connectivity index (χ1) is 21.6. The quantitative estimate of drug-likeness (QED) is 0.120. The summed E-state index contributed by atoms with van der Waals surface area (Å²) in [7, 11) is 0.185. The smallest absolute Gasteiger partial charge is 0.264 e. The van der Waals surface area contributed by atoms with Crippen LogP contribution in [0.25, 0.3) is 0 Å². The minimum absolute atomic E-state index is 0.00223. The van der Waals surface area contributed by atoms with Crippen molar-refractivity contribution in [3.05, 3.63) is 105 Å². The van der Waals surface area contributed by atoms with E-state index in [2.05, 4.69) is 26.5 Å². The number of hydrazone groups is 1. The van der Waals surface area contributed by atoms with Crippen molar-refractivity contribution >= 4 is 67.0 Å². The molecule has 0 aliphatic carbocycles. The summed E-state index contributed by atoms with van der Waals surface area (Å²) in [5.41, 5.74) is 3.91. The van der Waals surface area contributed by atoms with Gasteiger partial charge in [0.05, 0.1) is 52.6 Å². The molecule has 1 N–H and O–H groups in total. The van der Waals surface area contributed by atoms with E-state index in [0.29, 0.717) is 37.3 Å². The summed E-state index contributed by atoms with van der Waals surface area (Å²) >= 11 is 15.6. The van der Waals surface area contributed by atoms with Gasteiger partial charge in [-0.1, -0.05) is 47.5 Å². The van der Waals surface area contributed by atoms with E-state index in [-0.39, 0.29) is 22.9 Å². The number of halogens is 3. The van der Waals surface area contributed by atoms with Crippen molar-refractivity contribution in [1.29, 1.82) is 0 Å². The minimum atomic E-state index is -4.18. The van der Waals surface area contributed by atoms with Gasteiger partial charge in [-0.15, -0.1) is 0 Å². The average Bonchev–Trinajstić information content (AvgIpc) is 3.04. The van der Waals surface area contributed by atoms with Crippen molar-refractivity contribution in [3.8, 4) is 23.0 Å². The molecule has 45 heavy (non-hydrogen) atoms. The Balaban J connectivity index is 1.52. The van der Waals surface area contributed by atoms with E-state index in [1.165, 1.54) is 51.8 Å². The van der Waals surface area contributed by atoms with Crippen molar-refractivity contribution in [2.45, 2.75) is 11.5 Å². The number of benzene rings is 4. The summed E-state index contributed by atoms with van der Waals surface area (Å²) in [6.45, 7) is -0.386. The molecule has 1 amide bonds. The number of amides is 1. The highest BCUT2D eigenvalue weighted by Crippen LogP contribution is 2.38. The van der Waals surface area contributed by atoms with Gasteiger partial charge >= 0.3 is 0 Å². The van der Waals surface area contributed by atoms with Crippen LogP contribution in [0.4, 0.5) is 5.69 Å². The summed E-state index contributed by atoms with van der Waals surface area (Å²) < 4.78 is 51.0. The molecule has 0 saturated carbocycles. The lowest BCUT2D eigenvalue weighted by atomic mass is 10.2. The number of nitrogens with zero attached hydrogens (tertiary/aromatic N) is 2. The number of sulfonamides is 1. The molecule has 0 heterocycles. The molecule has 0 spiro atoms. The zero-order chi connectivity index (χ0) is 32.6. The van der Waals surface area contributed by atoms with Gasteiger partial charge in [-0.3, -0.25) is 9.10 Å². The molecule has 0 aliphatic rings. The van der Waals surface area contributed by atoms with Crippen LogP contribution in [0, 0.1) is 0 Å². The van der Waals surface area contributed by atoms with Crippen LogP contribution in [0.2, 0.25) is 10.0 Å². The van der Waals surface area contributed by atoms with Crippen LogP contribution in [0.3, 0.4) is 0 Å². The zero-order valence-electron chi connectivity index (χ0n) is 24.3. The van der Waals surface area contributed by atoms with Gasteiger partial charge in [0.1, 0.15) is 24.7 Å². The van der Waals surface area contributed by atoms with Gasteiger partial charge in [-0.25, -0.2) is 13.8 Å². The van der Waals surface area contributed by atoms with Gasteiger partial charge in [0.2, 0.25) is 0 Å². The monoisotopic (exact) mass is 735 g/mol. The Morgan fingerprint density at radius 2 is 1.64 bits per heavy atom. The highest BCUT2D eigenvalue weighted by molar-refractivity contribution is 9.10. The standard InChI is InChI=1S/C31H28BrCl2N3O7S/c1-41-22-10-12-27(28(16-22)42-2)37(45(39,40)23-7-5-4-6-8-23)18-30(38)36-35-17-21-13-24(32)31(29(15-21)43-3)44-19-20-9-11-25(33)26(34)14-20/h4-17H,18-19H2,1-3H3,(H,36,38)/b35-17-. The van der Waals surface area contributed by atoms with Gasteiger partial charge in [0.15, 0.2) is 11.5 Å². The van der Waals surface area contributed by atoms with E-state index in [1.54, 1.807) is 54.6 Å². The van der Waals surface area contributed by atoms with Crippen LogP contribution < -0.4 is 28.7 Å². The number of ether oxygens (including phenoxy) is 4. The SMILES string of the molecule is COc1ccc(N(CC(=O)N/N=C\c2cc(Br)c(OCc3ccc(Cl)c(Cl)c3)c(OC)c2)S(=O)(=O)c2ccccc2)c(OC)c1. The molecular weight excluding hydrogens is 709 g/mol. The lowest BCUT2D eigenvalue weighted by molar-refractivity contribution is -0.119. The second-order valence-corrected chi connectivity index (χ2v) is 12.8. The topological polar surface area (TPSA) is 116 Å². The van der Waals surface area contributed by atoms with Crippen molar-refractivity contribution in [1.82, 2.24) is 5.43 Å². The number of anilines is 1. The van der Waals surface area contributed by atoms with Gasteiger partial charge < -0.3 is 18.9 Å². The van der Waals surface area contributed by atoms with E-state index < -0.39 is 22.5 Å². The number of hydrogen-bond acceptors (Lipinski definition) is 8. The number of carbonyl (C=O) groups is 1. The molecule has 10 nitrogen and oxygen atoms in total. The zero-order valence-corrected chi connectivity index (χ0v) is 28.2. The van der Waals surface area contributed by atoms with E-state index in [0.717, 1.165) is 9.87 Å². The first-order valence-corrected chi connectivity index (χ1v) is 16.1. The third kappa shape index (κ3) is 8.40. The van der Waals surface area contributed by atoms with Gasteiger partial charge in [-0.2, -0.15) is 5.10 Å². The Labute approximate surface area is 279 Å². The normalized spacial score (nSPS) is 11.2. The molecule has 0 atom stereocenters. The van der Waals surface area contributed by atoms with Crippen molar-refractivity contribution in [3.63, 3.8) is 0 Å². The first-order valence-electron chi connectivity index (χ1n) is 13.1. The average molecular weight is 737 g/mol. The van der Waals surface area contributed by atoms with Crippen LogP contribution in [-0.2, 0) is 21.4 Å². The molecule has 4 rings (SSSR count). The largest absolute Gasteiger partial charge is 0.497 e. The van der Waals surface area contributed by atoms with E-state index >= 15 is 0 Å². The molecule has 0 bridgehead atoms. The highest BCUT2D eigenvalue weighted by Gasteiger charge is 2.29. The maximum Gasteiger partial charge on any atom is 0.264 e. The number of methoxy groups -OCH3 is 3. The van der Waals surface area contributed by atoms with Crippen LogP contribution in [0.15, 0.2) is 93.3 Å². The number of rotatable bonds is 13. The molecule has 0 radical (unpaired) electrons. The molecule has 0 aromatic heterocycles. The number of carbonyl (C=O) groups excluding carboxylic acids is 1. The maximum atomic E-state index is 13.7. The Morgan fingerprint density at radius 3 is 2.31 bits per heavy atom. The minimum Gasteiger partial charge on any atom is -0.497 e. The van der Waals surface area contributed by atoms with Crippen LogP contribution in [-0.4, -0.2) is 48.4 Å². The summed E-state index contributed by atoms with van der Waals surface area (Å²) in [5.74, 6) is 0.804. The Hall–Kier alpha value is -3.97. The summed E-state index contributed by atoms with van der Waals surface area (Å²) in [6, 6.07) is 21.0. The predicted molar refractivity (Wildman–Crippen MR) is 178 cm³/mol. The summed E-state index contributed by atoms with van der Waals surface area (Å²) in [4.78, 5) is 13.1. The molecule has 0 saturated heterocycles. The van der Waals surface area contributed by atoms with Crippen molar-refractivity contribution in [2.75, 3.05) is 32.2 Å². The lowest BCUT2D eigenvalue weighted by Crippen LogP contribution is -2.39. The Kier molecular flexibility index (Phi) is 11.6. The molecule has 0 fully saturated rings. The molecule has 0 unspecified atom stereocenters. The van der Waals surface area contributed by atoms with Gasteiger partial charge in [-0.05, 0) is 75.6 Å². The van der Waals surface area contributed by atoms with Crippen LogP contribution >= 0.6 is 39.1 Å².